The van der Waals surface area contributed by atoms with Crippen molar-refractivity contribution in [2.45, 2.75) is 19.4 Å². The predicted molar refractivity (Wildman–Crippen MR) is 151 cm³/mol. The van der Waals surface area contributed by atoms with Crippen molar-refractivity contribution in [3.63, 3.8) is 0 Å². The van der Waals surface area contributed by atoms with E-state index < -0.39 is 0 Å². The van der Waals surface area contributed by atoms with Gasteiger partial charge in [0, 0.05) is 22.6 Å². The molecule has 6 rings (SSSR count). The molecule has 0 bridgehead atoms. The third-order valence-electron chi connectivity index (χ3n) is 6.56. The molecule has 0 amide bonds. The summed E-state index contributed by atoms with van der Waals surface area (Å²) in [7, 11) is 0. The van der Waals surface area contributed by atoms with Crippen molar-refractivity contribution >= 4 is 10.9 Å². The SMILES string of the molecule is Cc1ccc(-c2n[nH]c3ccc(-c4cc(OC[C@@H](N)Cc5ccccc5)cnc4-c4ccccc4)cc23)o1. The fourth-order valence-corrected chi connectivity index (χ4v) is 4.68. The molecule has 0 spiro atoms. The minimum Gasteiger partial charge on any atom is -0.490 e. The van der Waals surface area contributed by atoms with Crippen molar-refractivity contribution in [2.75, 3.05) is 6.61 Å². The topological polar surface area (TPSA) is 90.0 Å². The molecule has 0 saturated heterocycles. The number of benzene rings is 3. The third kappa shape index (κ3) is 4.94. The Bertz CT molecular complexity index is 1670. The van der Waals surface area contributed by atoms with Crippen LogP contribution < -0.4 is 10.5 Å². The Morgan fingerprint density at radius 2 is 1.66 bits per heavy atom. The number of aromatic amines is 1. The molecule has 0 fully saturated rings. The smallest absolute Gasteiger partial charge is 0.155 e. The van der Waals surface area contributed by atoms with Gasteiger partial charge in [-0.3, -0.25) is 10.1 Å². The fourth-order valence-electron chi connectivity index (χ4n) is 4.68. The molecule has 6 nitrogen and oxygen atoms in total. The van der Waals surface area contributed by atoms with Crippen LogP contribution in [0.15, 0.2) is 108 Å². The van der Waals surface area contributed by atoms with Gasteiger partial charge in [-0.05, 0) is 54.8 Å². The number of furan rings is 1. The van der Waals surface area contributed by atoms with E-state index in [1.54, 1.807) is 6.20 Å². The Hall–Kier alpha value is -4.68. The highest BCUT2D eigenvalue weighted by Crippen LogP contribution is 2.36. The summed E-state index contributed by atoms with van der Waals surface area (Å²) in [6, 6.07) is 32.4. The van der Waals surface area contributed by atoms with Crippen molar-refractivity contribution in [1.29, 1.82) is 0 Å². The maximum atomic E-state index is 6.38. The maximum Gasteiger partial charge on any atom is 0.155 e. The Balaban J connectivity index is 1.35. The first kappa shape index (κ1) is 23.7. The monoisotopic (exact) mass is 500 g/mol. The molecule has 1 atom stereocenters. The lowest BCUT2D eigenvalue weighted by Crippen LogP contribution is -2.30. The van der Waals surface area contributed by atoms with Gasteiger partial charge in [0.1, 0.15) is 23.8 Å². The quantitative estimate of drug-likeness (QED) is 0.240. The average molecular weight is 501 g/mol. The molecule has 0 radical (unpaired) electrons. The lowest BCUT2D eigenvalue weighted by atomic mass is 9.97. The third-order valence-corrected chi connectivity index (χ3v) is 6.56. The molecule has 0 aliphatic carbocycles. The zero-order chi connectivity index (χ0) is 25.9. The first-order valence-electron chi connectivity index (χ1n) is 12.7. The normalized spacial score (nSPS) is 12.1. The van der Waals surface area contributed by atoms with E-state index in [1.165, 1.54) is 5.56 Å². The summed E-state index contributed by atoms with van der Waals surface area (Å²) in [6.07, 6.45) is 2.52. The van der Waals surface area contributed by atoms with E-state index in [1.807, 2.05) is 67.6 Å². The van der Waals surface area contributed by atoms with Gasteiger partial charge in [-0.2, -0.15) is 5.10 Å². The van der Waals surface area contributed by atoms with Crippen LogP contribution >= 0.6 is 0 Å². The van der Waals surface area contributed by atoms with Crippen LogP contribution in [0, 0.1) is 6.92 Å². The fraction of sp³-hybridized carbons (Fsp3) is 0.125. The number of pyridine rings is 1. The molecule has 6 heteroatoms. The van der Waals surface area contributed by atoms with Gasteiger partial charge in [-0.25, -0.2) is 0 Å². The van der Waals surface area contributed by atoms with E-state index in [9.17, 15) is 0 Å². The van der Waals surface area contributed by atoms with E-state index in [0.29, 0.717) is 12.4 Å². The highest BCUT2D eigenvalue weighted by molar-refractivity contribution is 5.96. The molecule has 0 unspecified atom stereocenters. The molecule has 3 aromatic heterocycles. The van der Waals surface area contributed by atoms with E-state index >= 15 is 0 Å². The van der Waals surface area contributed by atoms with Crippen molar-refractivity contribution < 1.29 is 9.15 Å². The molecule has 3 N–H and O–H groups in total. The van der Waals surface area contributed by atoms with Crippen LogP contribution in [0.25, 0.3) is 44.7 Å². The number of aromatic nitrogens is 3. The molecular formula is C32H28N4O2. The second kappa shape index (κ2) is 10.4. The maximum absolute atomic E-state index is 6.38. The van der Waals surface area contributed by atoms with E-state index in [4.69, 9.17) is 19.9 Å². The van der Waals surface area contributed by atoms with Gasteiger partial charge < -0.3 is 14.9 Å². The molecule has 6 aromatic rings. The Morgan fingerprint density at radius 1 is 0.868 bits per heavy atom. The predicted octanol–water partition coefficient (Wildman–Crippen LogP) is 6.81. The molecule has 3 aromatic carbocycles. The van der Waals surface area contributed by atoms with Crippen molar-refractivity contribution in [3.05, 3.63) is 115 Å². The number of ether oxygens (including phenoxy) is 1. The summed E-state index contributed by atoms with van der Waals surface area (Å²) in [5, 5.41) is 8.62. The highest BCUT2D eigenvalue weighted by Gasteiger charge is 2.16. The molecule has 188 valence electrons. The Labute approximate surface area is 221 Å². The molecule has 3 heterocycles. The van der Waals surface area contributed by atoms with Gasteiger partial charge in [0.25, 0.3) is 0 Å². The number of hydrogen-bond donors (Lipinski definition) is 2. The van der Waals surface area contributed by atoms with Gasteiger partial charge in [0.2, 0.25) is 0 Å². The zero-order valence-electron chi connectivity index (χ0n) is 21.1. The van der Waals surface area contributed by atoms with E-state index in [-0.39, 0.29) is 6.04 Å². The van der Waals surface area contributed by atoms with Crippen molar-refractivity contribution in [3.8, 4) is 39.6 Å². The largest absolute Gasteiger partial charge is 0.490 e. The first-order valence-corrected chi connectivity index (χ1v) is 12.7. The number of fused-ring (bicyclic) bond motifs is 1. The number of nitrogens with zero attached hydrogens (tertiary/aromatic N) is 2. The van der Waals surface area contributed by atoms with Crippen LogP contribution in [-0.4, -0.2) is 27.8 Å². The molecule has 0 aliphatic rings. The minimum absolute atomic E-state index is 0.128. The summed E-state index contributed by atoms with van der Waals surface area (Å²) >= 11 is 0. The van der Waals surface area contributed by atoms with Gasteiger partial charge in [0.15, 0.2) is 5.76 Å². The molecule has 0 aliphatic heterocycles. The number of nitrogens with one attached hydrogen (secondary N) is 1. The minimum atomic E-state index is -0.128. The second-order valence-corrected chi connectivity index (χ2v) is 9.44. The first-order chi connectivity index (χ1) is 18.6. The number of aryl methyl sites for hydroxylation is 1. The van der Waals surface area contributed by atoms with Crippen LogP contribution in [-0.2, 0) is 6.42 Å². The number of H-pyrrole nitrogens is 1. The standard InChI is InChI=1S/C32H28N4O2/c1-21-12-15-30(38-21)32-28-17-24(13-14-29(28)35-36-32)27-18-26(19-34-31(27)23-10-6-3-7-11-23)37-20-25(33)16-22-8-4-2-5-9-22/h2-15,17-19,25H,16,20,33H2,1H3,(H,35,36)/t25-/m0/s1. The lowest BCUT2D eigenvalue weighted by Gasteiger charge is -2.16. The molecule has 38 heavy (non-hydrogen) atoms. The average Bonchev–Trinajstić information content (AvgIpc) is 3.58. The summed E-state index contributed by atoms with van der Waals surface area (Å²) in [5.41, 5.74) is 13.2. The molecule has 0 saturated carbocycles. The van der Waals surface area contributed by atoms with Crippen LogP contribution in [0.1, 0.15) is 11.3 Å². The number of hydrogen-bond acceptors (Lipinski definition) is 5. The van der Waals surface area contributed by atoms with Gasteiger partial charge in [0.05, 0.1) is 17.4 Å². The Morgan fingerprint density at radius 3 is 2.42 bits per heavy atom. The van der Waals surface area contributed by atoms with E-state index in [0.717, 1.165) is 56.9 Å². The van der Waals surface area contributed by atoms with Crippen LogP contribution in [0.4, 0.5) is 0 Å². The van der Waals surface area contributed by atoms with Gasteiger partial charge in [-0.15, -0.1) is 0 Å². The van der Waals surface area contributed by atoms with E-state index in [2.05, 4.69) is 46.6 Å². The van der Waals surface area contributed by atoms with Crippen LogP contribution in [0.5, 0.6) is 5.75 Å². The lowest BCUT2D eigenvalue weighted by molar-refractivity contribution is 0.287. The summed E-state index contributed by atoms with van der Waals surface area (Å²) in [4.78, 5) is 4.83. The summed E-state index contributed by atoms with van der Waals surface area (Å²) < 4.78 is 12.0. The summed E-state index contributed by atoms with van der Waals surface area (Å²) in [6.45, 7) is 2.32. The van der Waals surface area contributed by atoms with Crippen molar-refractivity contribution in [2.24, 2.45) is 5.73 Å². The van der Waals surface area contributed by atoms with Crippen LogP contribution in [0.2, 0.25) is 0 Å². The molecular weight excluding hydrogens is 472 g/mol. The second-order valence-electron chi connectivity index (χ2n) is 9.44. The van der Waals surface area contributed by atoms with Gasteiger partial charge in [-0.1, -0.05) is 66.7 Å². The zero-order valence-corrected chi connectivity index (χ0v) is 21.1. The van der Waals surface area contributed by atoms with Crippen molar-refractivity contribution in [1.82, 2.24) is 15.2 Å². The number of rotatable bonds is 8. The Kier molecular flexibility index (Phi) is 6.46. The highest BCUT2D eigenvalue weighted by atomic mass is 16.5. The van der Waals surface area contributed by atoms with Gasteiger partial charge >= 0.3 is 0 Å². The van der Waals surface area contributed by atoms with Crippen LogP contribution in [0.3, 0.4) is 0 Å². The number of nitrogens with two attached hydrogens (primary N) is 1. The summed E-state index contributed by atoms with van der Waals surface area (Å²) in [5.74, 6) is 2.26.